The number of likely N-dealkylation sites (N-methyl/N-ethyl adjacent to an activating group) is 1. The second-order valence-corrected chi connectivity index (χ2v) is 5.59. The average Bonchev–Trinajstić information content (AvgIpc) is 2.66. The standard InChI is InChI=1S/C13H26N2/c1-4-15(3)9-10(2)14-8-13-11-6-5-7-12(11)13/h10-14H,4-9H2,1-3H3. The largest absolute Gasteiger partial charge is 0.313 e. The van der Waals surface area contributed by atoms with E-state index < -0.39 is 0 Å². The fourth-order valence-electron chi connectivity index (χ4n) is 3.27. The van der Waals surface area contributed by atoms with Crippen LogP contribution in [0.4, 0.5) is 0 Å². The third-order valence-corrected chi connectivity index (χ3v) is 4.41. The van der Waals surface area contributed by atoms with Crippen molar-refractivity contribution in [2.75, 3.05) is 26.7 Å². The molecule has 88 valence electrons. The molecule has 0 heterocycles. The molecule has 2 saturated carbocycles. The van der Waals surface area contributed by atoms with Crippen LogP contribution in [0.25, 0.3) is 0 Å². The highest BCUT2D eigenvalue weighted by Gasteiger charge is 2.51. The molecule has 2 aliphatic carbocycles. The van der Waals surface area contributed by atoms with Crippen molar-refractivity contribution in [3.63, 3.8) is 0 Å². The Morgan fingerprint density at radius 1 is 1.33 bits per heavy atom. The van der Waals surface area contributed by atoms with E-state index in [-0.39, 0.29) is 0 Å². The van der Waals surface area contributed by atoms with E-state index in [1.165, 1.54) is 32.4 Å². The number of rotatable bonds is 6. The number of hydrogen-bond acceptors (Lipinski definition) is 2. The van der Waals surface area contributed by atoms with Crippen molar-refractivity contribution in [1.29, 1.82) is 0 Å². The molecule has 0 aliphatic heterocycles. The van der Waals surface area contributed by atoms with Gasteiger partial charge in [0.1, 0.15) is 0 Å². The van der Waals surface area contributed by atoms with E-state index in [9.17, 15) is 0 Å². The zero-order chi connectivity index (χ0) is 10.8. The maximum Gasteiger partial charge on any atom is 0.0166 e. The van der Waals surface area contributed by atoms with Gasteiger partial charge in [-0.3, -0.25) is 0 Å². The predicted octanol–water partition coefficient (Wildman–Crippen LogP) is 1.96. The molecule has 0 aromatic heterocycles. The molecule has 0 aromatic carbocycles. The van der Waals surface area contributed by atoms with E-state index in [1.807, 2.05) is 0 Å². The van der Waals surface area contributed by atoms with Crippen LogP contribution in [0.5, 0.6) is 0 Å². The van der Waals surface area contributed by atoms with Crippen LogP contribution < -0.4 is 5.32 Å². The first kappa shape index (κ1) is 11.4. The van der Waals surface area contributed by atoms with E-state index in [0.29, 0.717) is 6.04 Å². The Bertz CT molecular complexity index is 195. The van der Waals surface area contributed by atoms with Crippen LogP contribution in [0.3, 0.4) is 0 Å². The molecule has 2 rings (SSSR count). The molecule has 3 unspecified atom stereocenters. The summed E-state index contributed by atoms with van der Waals surface area (Å²) in [4.78, 5) is 2.38. The molecule has 2 aliphatic rings. The van der Waals surface area contributed by atoms with Gasteiger partial charge < -0.3 is 10.2 Å². The van der Waals surface area contributed by atoms with Gasteiger partial charge in [-0.05, 0) is 57.7 Å². The third-order valence-electron chi connectivity index (χ3n) is 4.41. The lowest BCUT2D eigenvalue weighted by molar-refractivity contribution is 0.306. The predicted molar refractivity (Wildman–Crippen MR) is 65.0 cm³/mol. The lowest BCUT2D eigenvalue weighted by atomic mass is 10.1. The Kier molecular flexibility index (Phi) is 3.68. The Hall–Kier alpha value is -0.0800. The van der Waals surface area contributed by atoms with Gasteiger partial charge in [0.25, 0.3) is 0 Å². The minimum absolute atomic E-state index is 0.649. The Morgan fingerprint density at radius 3 is 2.60 bits per heavy atom. The normalized spacial score (nSPS) is 35.6. The fraction of sp³-hybridized carbons (Fsp3) is 1.00. The maximum absolute atomic E-state index is 3.70. The minimum atomic E-state index is 0.649. The zero-order valence-corrected chi connectivity index (χ0v) is 10.5. The average molecular weight is 210 g/mol. The topological polar surface area (TPSA) is 15.3 Å². The summed E-state index contributed by atoms with van der Waals surface area (Å²) in [5, 5.41) is 3.70. The second-order valence-electron chi connectivity index (χ2n) is 5.59. The molecule has 0 amide bonds. The second kappa shape index (κ2) is 4.84. The van der Waals surface area contributed by atoms with Gasteiger partial charge in [-0.2, -0.15) is 0 Å². The molecule has 15 heavy (non-hydrogen) atoms. The highest BCUT2D eigenvalue weighted by Crippen LogP contribution is 2.57. The van der Waals surface area contributed by atoms with E-state index in [4.69, 9.17) is 0 Å². The number of nitrogens with zero attached hydrogens (tertiary/aromatic N) is 1. The first-order chi connectivity index (χ1) is 7.22. The molecule has 2 heteroatoms. The minimum Gasteiger partial charge on any atom is -0.313 e. The van der Waals surface area contributed by atoms with Gasteiger partial charge in [0, 0.05) is 12.6 Å². The van der Waals surface area contributed by atoms with Gasteiger partial charge in [-0.15, -0.1) is 0 Å². The van der Waals surface area contributed by atoms with Crippen LogP contribution in [-0.2, 0) is 0 Å². The van der Waals surface area contributed by atoms with E-state index in [0.717, 1.165) is 24.3 Å². The molecule has 0 radical (unpaired) electrons. The van der Waals surface area contributed by atoms with Crippen molar-refractivity contribution >= 4 is 0 Å². The first-order valence-corrected chi connectivity index (χ1v) is 6.64. The third kappa shape index (κ3) is 2.73. The molecule has 2 nitrogen and oxygen atoms in total. The zero-order valence-electron chi connectivity index (χ0n) is 10.5. The van der Waals surface area contributed by atoms with Crippen LogP contribution in [0.2, 0.25) is 0 Å². The van der Waals surface area contributed by atoms with Crippen LogP contribution in [-0.4, -0.2) is 37.6 Å². The van der Waals surface area contributed by atoms with Gasteiger partial charge in [0.2, 0.25) is 0 Å². The summed E-state index contributed by atoms with van der Waals surface area (Å²) < 4.78 is 0. The molecule has 0 aromatic rings. The smallest absolute Gasteiger partial charge is 0.0166 e. The molecule has 1 N–H and O–H groups in total. The highest BCUT2D eigenvalue weighted by atomic mass is 15.1. The fourth-order valence-corrected chi connectivity index (χ4v) is 3.27. The SMILES string of the molecule is CCN(C)CC(C)NCC1C2CCCC21. The highest BCUT2D eigenvalue weighted by molar-refractivity contribution is 5.02. The summed E-state index contributed by atoms with van der Waals surface area (Å²) in [7, 11) is 2.20. The van der Waals surface area contributed by atoms with Crippen molar-refractivity contribution in [2.45, 2.75) is 39.2 Å². The van der Waals surface area contributed by atoms with Crippen molar-refractivity contribution in [2.24, 2.45) is 17.8 Å². The van der Waals surface area contributed by atoms with Crippen molar-refractivity contribution in [1.82, 2.24) is 10.2 Å². The molecular weight excluding hydrogens is 184 g/mol. The number of nitrogens with one attached hydrogen (secondary N) is 1. The van der Waals surface area contributed by atoms with Crippen LogP contribution >= 0.6 is 0 Å². The van der Waals surface area contributed by atoms with Crippen molar-refractivity contribution in [3.05, 3.63) is 0 Å². The quantitative estimate of drug-likeness (QED) is 0.721. The molecular formula is C13H26N2. The Morgan fingerprint density at radius 2 is 2.00 bits per heavy atom. The van der Waals surface area contributed by atoms with Crippen molar-refractivity contribution < 1.29 is 0 Å². The monoisotopic (exact) mass is 210 g/mol. The van der Waals surface area contributed by atoms with Crippen molar-refractivity contribution in [3.8, 4) is 0 Å². The summed E-state index contributed by atoms with van der Waals surface area (Å²) in [6.07, 6.45) is 4.53. The van der Waals surface area contributed by atoms with E-state index in [1.54, 1.807) is 0 Å². The molecule has 2 fully saturated rings. The first-order valence-electron chi connectivity index (χ1n) is 6.64. The van der Waals surface area contributed by atoms with Crippen LogP contribution in [0.15, 0.2) is 0 Å². The van der Waals surface area contributed by atoms with E-state index in [2.05, 4.69) is 31.1 Å². The Labute approximate surface area is 94.4 Å². The van der Waals surface area contributed by atoms with Crippen LogP contribution in [0, 0.1) is 17.8 Å². The van der Waals surface area contributed by atoms with Gasteiger partial charge in [-0.25, -0.2) is 0 Å². The molecule has 3 atom stereocenters. The maximum atomic E-state index is 3.70. The number of fused-ring (bicyclic) bond motifs is 1. The summed E-state index contributed by atoms with van der Waals surface area (Å²) in [5.41, 5.74) is 0. The lowest BCUT2D eigenvalue weighted by Gasteiger charge is -2.21. The van der Waals surface area contributed by atoms with Crippen LogP contribution in [0.1, 0.15) is 33.1 Å². The lowest BCUT2D eigenvalue weighted by Crippen LogP contribution is -2.38. The molecule has 0 bridgehead atoms. The number of hydrogen-bond donors (Lipinski definition) is 1. The van der Waals surface area contributed by atoms with Gasteiger partial charge in [0.15, 0.2) is 0 Å². The van der Waals surface area contributed by atoms with Gasteiger partial charge >= 0.3 is 0 Å². The summed E-state index contributed by atoms with van der Waals surface area (Å²) in [6, 6.07) is 0.649. The molecule has 0 spiro atoms. The van der Waals surface area contributed by atoms with E-state index >= 15 is 0 Å². The van der Waals surface area contributed by atoms with Gasteiger partial charge in [-0.1, -0.05) is 13.3 Å². The summed E-state index contributed by atoms with van der Waals surface area (Å²) in [5.74, 6) is 3.25. The Balaban J connectivity index is 1.58. The summed E-state index contributed by atoms with van der Waals surface area (Å²) >= 11 is 0. The molecule has 0 saturated heterocycles. The summed E-state index contributed by atoms with van der Waals surface area (Å²) in [6.45, 7) is 8.13. The van der Waals surface area contributed by atoms with Gasteiger partial charge in [0.05, 0.1) is 0 Å².